The second kappa shape index (κ2) is 16.0. The Bertz CT molecular complexity index is 1800. The van der Waals surface area contributed by atoms with E-state index in [1.807, 2.05) is 66.7 Å². The zero-order valence-electron chi connectivity index (χ0n) is 26.7. The van der Waals surface area contributed by atoms with E-state index in [0.717, 1.165) is 27.2 Å². The number of primary sulfonamides is 1. The number of amides is 2. The van der Waals surface area contributed by atoms with E-state index in [1.165, 1.54) is 19.2 Å². The highest BCUT2D eigenvalue weighted by Crippen LogP contribution is 2.26. The zero-order chi connectivity index (χ0) is 34.1. The maximum Gasteiger partial charge on any atom is 0.420 e. The SMILES string of the molecule is COC(=O)N(C(=O)[C@@H](N)Cc1cccc(-c2ccccc2)c1)c1ccccc1CC[C@@H]1CNC[C@@H](COc2ccc(S(N)(=O)=O)cc2)O1. The fourth-order valence-corrected chi connectivity index (χ4v) is 6.14. The number of morpholine rings is 1. The Kier molecular flexibility index (Phi) is 11.6. The predicted octanol–water partition coefficient (Wildman–Crippen LogP) is 4.04. The molecule has 0 saturated carbocycles. The van der Waals surface area contributed by atoms with Gasteiger partial charge in [-0.1, -0.05) is 72.8 Å². The van der Waals surface area contributed by atoms with E-state index in [-0.39, 0.29) is 30.1 Å². The van der Waals surface area contributed by atoms with E-state index >= 15 is 0 Å². The summed E-state index contributed by atoms with van der Waals surface area (Å²) in [5.74, 6) is -0.0685. The van der Waals surface area contributed by atoms with Crippen molar-refractivity contribution in [2.45, 2.75) is 42.4 Å². The smallest absolute Gasteiger partial charge is 0.420 e. The normalized spacial score (nSPS) is 16.9. The highest BCUT2D eigenvalue weighted by molar-refractivity contribution is 7.89. The van der Waals surface area contributed by atoms with Crippen LogP contribution in [0.15, 0.2) is 108 Å². The number of para-hydroxylation sites is 1. The molecule has 1 aliphatic heterocycles. The van der Waals surface area contributed by atoms with Gasteiger partial charge in [0.2, 0.25) is 10.0 Å². The van der Waals surface area contributed by atoms with Gasteiger partial charge in [0, 0.05) is 13.1 Å². The van der Waals surface area contributed by atoms with Gasteiger partial charge in [-0.15, -0.1) is 0 Å². The molecule has 48 heavy (non-hydrogen) atoms. The summed E-state index contributed by atoms with van der Waals surface area (Å²) in [6, 6.07) is 29.9. The fourth-order valence-electron chi connectivity index (χ4n) is 5.63. The number of carbonyl (C=O) groups excluding carboxylic acids is 2. The quantitative estimate of drug-likeness (QED) is 0.202. The molecule has 2 amide bonds. The Morgan fingerprint density at radius 2 is 1.60 bits per heavy atom. The minimum atomic E-state index is -3.78. The van der Waals surface area contributed by atoms with Crippen LogP contribution in [0.4, 0.5) is 10.5 Å². The lowest BCUT2D eigenvalue weighted by molar-refractivity contribution is -0.119. The average molecular weight is 673 g/mol. The van der Waals surface area contributed by atoms with E-state index in [9.17, 15) is 18.0 Å². The molecule has 0 radical (unpaired) electrons. The van der Waals surface area contributed by atoms with Gasteiger partial charge >= 0.3 is 6.09 Å². The van der Waals surface area contributed by atoms with Gasteiger partial charge in [0.15, 0.2) is 0 Å². The molecule has 0 unspecified atom stereocenters. The zero-order valence-corrected chi connectivity index (χ0v) is 27.5. The molecule has 1 fully saturated rings. The maximum atomic E-state index is 13.8. The molecule has 1 saturated heterocycles. The molecule has 1 aliphatic rings. The number of hydrogen-bond acceptors (Lipinski definition) is 9. The van der Waals surface area contributed by atoms with Crippen LogP contribution in [0.2, 0.25) is 0 Å². The Morgan fingerprint density at radius 3 is 2.33 bits per heavy atom. The molecule has 0 bridgehead atoms. The number of benzene rings is 4. The highest BCUT2D eigenvalue weighted by atomic mass is 32.2. The lowest BCUT2D eigenvalue weighted by Gasteiger charge is -2.31. The van der Waals surface area contributed by atoms with E-state index < -0.39 is 28.1 Å². The van der Waals surface area contributed by atoms with E-state index in [2.05, 4.69) is 5.32 Å². The molecule has 5 rings (SSSR count). The Labute approximate surface area is 280 Å². The van der Waals surface area contributed by atoms with Crippen molar-refractivity contribution in [3.05, 3.63) is 114 Å². The van der Waals surface area contributed by atoms with Crippen LogP contribution < -0.4 is 25.8 Å². The summed E-state index contributed by atoms with van der Waals surface area (Å²) in [4.78, 5) is 27.9. The summed E-state index contributed by atoms with van der Waals surface area (Å²) < 4.78 is 40.1. The van der Waals surface area contributed by atoms with Gasteiger partial charge in [-0.05, 0) is 71.8 Å². The van der Waals surface area contributed by atoms with Crippen LogP contribution in [-0.4, -0.2) is 65.5 Å². The van der Waals surface area contributed by atoms with Crippen LogP contribution >= 0.6 is 0 Å². The lowest BCUT2D eigenvalue weighted by atomic mass is 9.98. The lowest BCUT2D eigenvalue weighted by Crippen LogP contribution is -2.48. The van der Waals surface area contributed by atoms with Gasteiger partial charge in [0.1, 0.15) is 18.5 Å². The molecular weight excluding hydrogens is 632 g/mol. The van der Waals surface area contributed by atoms with Gasteiger partial charge in [-0.2, -0.15) is 0 Å². The summed E-state index contributed by atoms with van der Waals surface area (Å²) in [5.41, 5.74) is 10.6. The van der Waals surface area contributed by atoms with Crippen molar-refractivity contribution in [1.29, 1.82) is 0 Å². The topological polar surface area (TPSA) is 163 Å². The number of carbonyl (C=O) groups is 2. The first kappa shape index (κ1) is 34.7. The molecule has 5 N–H and O–H groups in total. The number of nitrogens with one attached hydrogen (secondary N) is 1. The van der Waals surface area contributed by atoms with Gasteiger partial charge in [-0.25, -0.2) is 23.3 Å². The molecule has 0 aliphatic carbocycles. The first-order valence-electron chi connectivity index (χ1n) is 15.6. The van der Waals surface area contributed by atoms with Crippen molar-refractivity contribution in [2.75, 3.05) is 31.7 Å². The van der Waals surface area contributed by atoms with E-state index in [4.69, 9.17) is 25.1 Å². The number of nitrogens with zero attached hydrogens (tertiary/aromatic N) is 1. The number of aryl methyl sites for hydroxylation is 1. The van der Waals surface area contributed by atoms with Crippen molar-refractivity contribution in [1.82, 2.24) is 5.32 Å². The monoisotopic (exact) mass is 672 g/mol. The number of hydrogen-bond donors (Lipinski definition) is 3. The molecule has 3 atom stereocenters. The van der Waals surface area contributed by atoms with Crippen molar-refractivity contribution < 1.29 is 32.2 Å². The molecule has 4 aromatic carbocycles. The standard InChI is InChI=1S/C36H40N4O7S/c1-45-36(42)40(35(41)33(37)21-25-8-7-12-28(20-25)26-9-3-2-4-10-26)34-13-6-5-11-27(34)14-15-30-22-39-23-31(47-30)24-46-29-16-18-32(19-17-29)48(38,43)44/h2-13,16-20,30-31,33,39H,14-15,21-24,37H2,1H3,(H2,38,43,44)/t30-,31+,33+/m1/s1. The van der Waals surface area contributed by atoms with Crippen LogP contribution in [0.1, 0.15) is 17.5 Å². The average Bonchev–Trinajstić information content (AvgIpc) is 3.10. The molecule has 252 valence electrons. The Morgan fingerprint density at radius 1 is 0.917 bits per heavy atom. The number of sulfonamides is 1. The summed E-state index contributed by atoms with van der Waals surface area (Å²) in [6.45, 7) is 1.46. The van der Waals surface area contributed by atoms with Crippen LogP contribution in [0, 0.1) is 0 Å². The molecule has 12 heteroatoms. The first-order chi connectivity index (χ1) is 23.1. The summed E-state index contributed by atoms with van der Waals surface area (Å²) in [6.07, 6.45) is 0.128. The Balaban J connectivity index is 1.22. The molecule has 11 nitrogen and oxygen atoms in total. The molecule has 1 heterocycles. The van der Waals surface area contributed by atoms with Gasteiger partial charge < -0.3 is 25.3 Å². The number of ether oxygens (including phenoxy) is 3. The number of imide groups is 1. The summed E-state index contributed by atoms with van der Waals surface area (Å²) in [7, 11) is -2.55. The van der Waals surface area contributed by atoms with Crippen LogP contribution in [0.5, 0.6) is 5.75 Å². The largest absolute Gasteiger partial charge is 0.491 e. The highest BCUT2D eigenvalue weighted by Gasteiger charge is 2.31. The summed E-state index contributed by atoms with van der Waals surface area (Å²) in [5, 5.41) is 8.53. The third-order valence-corrected chi connectivity index (χ3v) is 9.00. The second-order valence-electron chi connectivity index (χ2n) is 11.6. The number of anilines is 1. The third-order valence-electron chi connectivity index (χ3n) is 8.07. The van der Waals surface area contributed by atoms with E-state index in [1.54, 1.807) is 24.3 Å². The summed E-state index contributed by atoms with van der Waals surface area (Å²) >= 11 is 0. The Hall–Kier alpha value is -4.59. The van der Waals surface area contributed by atoms with E-state index in [0.29, 0.717) is 37.4 Å². The van der Waals surface area contributed by atoms with Crippen molar-refractivity contribution in [3.8, 4) is 16.9 Å². The minimum absolute atomic E-state index is 0.00819. The van der Waals surface area contributed by atoms with Crippen LogP contribution in [0.3, 0.4) is 0 Å². The van der Waals surface area contributed by atoms with Crippen LogP contribution in [-0.2, 0) is 37.1 Å². The van der Waals surface area contributed by atoms with Crippen molar-refractivity contribution >= 4 is 27.7 Å². The van der Waals surface area contributed by atoms with Gasteiger partial charge in [0.05, 0.1) is 29.8 Å². The predicted molar refractivity (Wildman–Crippen MR) is 183 cm³/mol. The van der Waals surface area contributed by atoms with Crippen molar-refractivity contribution in [2.24, 2.45) is 10.9 Å². The fraction of sp³-hybridized carbons (Fsp3) is 0.278. The van der Waals surface area contributed by atoms with Crippen LogP contribution in [0.25, 0.3) is 11.1 Å². The number of nitrogens with two attached hydrogens (primary N) is 2. The number of methoxy groups -OCH3 is 1. The van der Waals surface area contributed by atoms with Crippen molar-refractivity contribution in [3.63, 3.8) is 0 Å². The third kappa shape index (κ3) is 9.06. The van der Waals surface area contributed by atoms with Gasteiger partial charge in [0.25, 0.3) is 5.91 Å². The number of rotatable bonds is 12. The second-order valence-corrected chi connectivity index (χ2v) is 13.1. The minimum Gasteiger partial charge on any atom is -0.491 e. The molecule has 0 aromatic heterocycles. The molecule has 0 spiro atoms. The van der Waals surface area contributed by atoms with Gasteiger partial charge in [-0.3, -0.25) is 4.79 Å². The maximum absolute atomic E-state index is 13.8. The molecule has 4 aromatic rings. The first-order valence-corrected chi connectivity index (χ1v) is 17.2. The molecular formula is C36H40N4O7S.